The van der Waals surface area contributed by atoms with Crippen LogP contribution in [0.5, 0.6) is 0 Å². The molecular weight excluding hydrogens is 299 g/mol. The summed E-state index contributed by atoms with van der Waals surface area (Å²) in [4.78, 5) is 8.88. The summed E-state index contributed by atoms with van der Waals surface area (Å²) in [5.41, 5.74) is 1.41. The van der Waals surface area contributed by atoms with Crippen molar-refractivity contribution in [3.05, 3.63) is 34.3 Å². The van der Waals surface area contributed by atoms with Gasteiger partial charge in [-0.05, 0) is 42.6 Å². The standard InChI is InChI=1S/C13H10Cl2N4O/c14-7-3-4-9-8(6-7)12-17-11(10-2-1-5-20-10)18-19(12)13(15)16-9/h3-4,6,10H,1-2,5H2. The highest BCUT2D eigenvalue weighted by atomic mass is 35.5. The van der Waals surface area contributed by atoms with Crippen LogP contribution in [-0.4, -0.2) is 26.2 Å². The van der Waals surface area contributed by atoms with Crippen LogP contribution in [0.25, 0.3) is 16.6 Å². The predicted octanol–water partition coefficient (Wildman–Crippen LogP) is 3.44. The first-order chi connectivity index (χ1) is 9.72. The SMILES string of the molecule is Clc1ccc2nc(Cl)n3nc(C4CCCO4)nc3c2c1. The third-order valence-corrected chi connectivity index (χ3v) is 3.91. The molecule has 102 valence electrons. The molecule has 3 aromatic rings. The topological polar surface area (TPSA) is 52.3 Å². The summed E-state index contributed by atoms with van der Waals surface area (Å²) >= 11 is 12.2. The number of hydrogen-bond donors (Lipinski definition) is 0. The minimum absolute atomic E-state index is 0.0554. The van der Waals surface area contributed by atoms with Gasteiger partial charge in [0.05, 0.1) is 5.52 Å². The Morgan fingerprint density at radius 3 is 2.95 bits per heavy atom. The van der Waals surface area contributed by atoms with Gasteiger partial charge < -0.3 is 4.74 Å². The van der Waals surface area contributed by atoms with E-state index in [-0.39, 0.29) is 11.4 Å². The van der Waals surface area contributed by atoms with Crippen LogP contribution in [0.2, 0.25) is 10.3 Å². The van der Waals surface area contributed by atoms with Crippen molar-refractivity contribution >= 4 is 39.8 Å². The molecule has 1 atom stereocenters. The maximum atomic E-state index is 6.17. The van der Waals surface area contributed by atoms with Gasteiger partial charge in [0.1, 0.15) is 6.10 Å². The van der Waals surface area contributed by atoms with Crippen LogP contribution in [0.3, 0.4) is 0 Å². The molecule has 3 heterocycles. The van der Waals surface area contributed by atoms with Gasteiger partial charge in [0.15, 0.2) is 11.5 Å². The zero-order chi connectivity index (χ0) is 13.7. The molecule has 1 aliphatic rings. The number of rotatable bonds is 1. The smallest absolute Gasteiger partial charge is 0.226 e. The molecule has 0 bridgehead atoms. The largest absolute Gasteiger partial charge is 0.370 e. The van der Waals surface area contributed by atoms with Gasteiger partial charge in [-0.3, -0.25) is 0 Å². The fourth-order valence-corrected chi connectivity index (χ4v) is 2.86. The summed E-state index contributed by atoms with van der Waals surface area (Å²) < 4.78 is 7.16. The minimum atomic E-state index is -0.0554. The molecule has 0 N–H and O–H groups in total. The van der Waals surface area contributed by atoms with Crippen molar-refractivity contribution in [3.8, 4) is 0 Å². The van der Waals surface area contributed by atoms with Crippen molar-refractivity contribution in [1.82, 2.24) is 19.6 Å². The van der Waals surface area contributed by atoms with Crippen molar-refractivity contribution in [2.24, 2.45) is 0 Å². The first-order valence-corrected chi connectivity index (χ1v) is 7.11. The molecule has 0 saturated carbocycles. The second kappa shape index (κ2) is 4.55. The van der Waals surface area contributed by atoms with Crippen molar-refractivity contribution in [1.29, 1.82) is 0 Å². The van der Waals surface area contributed by atoms with Gasteiger partial charge in [0.2, 0.25) is 5.28 Å². The normalized spacial score (nSPS) is 19.2. The zero-order valence-corrected chi connectivity index (χ0v) is 11.9. The molecule has 0 aliphatic carbocycles. The minimum Gasteiger partial charge on any atom is -0.370 e. The number of hydrogen-bond acceptors (Lipinski definition) is 4. The maximum Gasteiger partial charge on any atom is 0.226 e. The van der Waals surface area contributed by atoms with Gasteiger partial charge in [-0.15, -0.1) is 5.10 Å². The molecule has 0 amide bonds. The maximum absolute atomic E-state index is 6.17. The Bertz CT molecular complexity index is 811. The molecule has 1 fully saturated rings. The zero-order valence-electron chi connectivity index (χ0n) is 10.4. The van der Waals surface area contributed by atoms with Crippen molar-refractivity contribution in [2.45, 2.75) is 18.9 Å². The van der Waals surface area contributed by atoms with E-state index < -0.39 is 0 Å². The number of nitrogens with zero attached hydrogens (tertiary/aromatic N) is 4. The van der Waals surface area contributed by atoms with E-state index in [0.717, 1.165) is 30.4 Å². The van der Waals surface area contributed by atoms with Crippen molar-refractivity contribution < 1.29 is 4.74 Å². The molecule has 7 heteroatoms. The Labute approximate surface area is 124 Å². The van der Waals surface area contributed by atoms with E-state index in [1.54, 1.807) is 6.07 Å². The Balaban J connectivity index is 2.01. The highest BCUT2D eigenvalue weighted by Gasteiger charge is 2.23. The van der Waals surface area contributed by atoms with E-state index in [9.17, 15) is 0 Å². The number of fused-ring (bicyclic) bond motifs is 3. The van der Waals surface area contributed by atoms with E-state index in [4.69, 9.17) is 27.9 Å². The average molecular weight is 309 g/mol. The van der Waals surface area contributed by atoms with Crippen molar-refractivity contribution in [3.63, 3.8) is 0 Å². The van der Waals surface area contributed by atoms with E-state index in [1.165, 1.54) is 4.52 Å². The van der Waals surface area contributed by atoms with Gasteiger partial charge in [-0.1, -0.05) is 11.6 Å². The lowest BCUT2D eigenvalue weighted by Gasteiger charge is -2.01. The third kappa shape index (κ3) is 1.85. The Morgan fingerprint density at radius 1 is 1.25 bits per heavy atom. The second-order valence-electron chi connectivity index (χ2n) is 4.75. The van der Waals surface area contributed by atoms with Gasteiger partial charge >= 0.3 is 0 Å². The van der Waals surface area contributed by atoms with Crippen LogP contribution in [-0.2, 0) is 4.74 Å². The quantitative estimate of drug-likeness (QED) is 0.646. The molecule has 4 rings (SSSR count). The molecule has 2 aromatic heterocycles. The first-order valence-electron chi connectivity index (χ1n) is 6.35. The van der Waals surface area contributed by atoms with E-state index in [0.29, 0.717) is 16.5 Å². The lowest BCUT2D eigenvalue weighted by molar-refractivity contribution is 0.105. The number of aromatic nitrogens is 4. The molecular formula is C13H10Cl2N4O. The number of halogens is 2. The summed E-state index contributed by atoms with van der Waals surface area (Å²) in [5.74, 6) is 0.652. The van der Waals surface area contributed by atoms with E-state index in [1.807, 2.05) is 12.1 Å². The monoisotopic (exact) mass is 308 g/mol. The Kier molecular flexibility index (Phi) is 2.80. The second-order valence-corrected chi connectivity index (χ2v) is 5.52. The highest BCUT2D eigenvalue weighted by Crippen LogP contribution is 2.29. The van der Waals surface area contributed by atoms with Crippen LogP contribution < -0.4 is 0 Å². The molecule has 0 spiro atoms. The van der Waals surface area contributed by atoms with E-state index in [2.05, 4.69) is 15.1 Å². The van der Waals surface area contributed by atoms with Gasteiger partial charge in [0.25, 0.3) is 0 Å². The lowest BCUT2D eigenvalue weighted by atomic mass is 10.2. The summed E-state index contributed by atoms with van der Waals surface area (Å²) in [6.45, 7) is 0.749. The number of benzene rings is 1. The molecule has 1 aliphatic heterocycles. The summed E-state index contributed by atoms with van der Waals surface area (Å²) in [6.07, 6.45) is 1.90. The fourth-order valence-electron chi connectivity index (χ4n) is 2.48. The highest BCUT2D eigenvalue weighted by molar-refractivity contribution is 6.32. The van der Waals surface area contributed by atoms with Crippen LogP contribution in [0, 0.1) is 0 Å². The molecule has 20 heavy (non-hydrogen) atoms. The molecule has 1 aromatic carbocycles. The number of ether oxygens (including phenoxy) is 1. The van der Waals surface area contributed by atoms with Gasteiger partial charge in [-0.2, -0.15) is 4.52 Å². The summed E-state index contributed by atoms with van der Waals surface area (Å²) in [7, 11) is 0. The third-order valence-electron chi connectivity index (χ3n) is 3.43. The van der Waals surface area contributed by atoms with Gasteiger partial charge in [-0.25, -0.2) is 9.97 Å². The van der Waals surface area contributed by atoms with E-state index >= 15 is 0 Å². The molecule has 0 radical (unpaired) electrons. The van der Waals surface area contributed by atoms with Crippen LogP contribution in [0.1, 0.15) is 24.8 Å². The fraction of sp³-hybridized carbons (Fsp3) is 0.308. The first kappa shape index (κ1) is 12.3. The Morgan fingerprint density at radius 2 is 2.15 bits per heavy atom. The average Bonchev–Trinajstić information content (AvgIpc) is 3.08. The predicted molar refractivity (Wildman–Crippen MR) is 76.2 cm³/mol. The van der Waals surface area contributed by atoms with Crippen LogP contribution in [0.4, 0.5) is 0 Å². The lowest BCUT2D eigenvalue weighted by Crippen LogP contribution is -1.99. The Hall–Kier alpha value is -1.43. The van der Waals surface area contributed by atoms with Crippen molar-refractivity contribution in [2.75, 3.05) is 6.61 Å². The van der Waals surface area contributed by atoms with Crippen LogP contribution >= 0.6 is 23.2 Å². The van der Waals surface area contributed by atoms with Gasteiger partial charge in [0, 0.05) is 17.0 Å². The molecule has 5 nitrogen and oxygen atoms in total. The summed E-state index contributed by atoms with van der Waals surface area (Å²) in [6, 6.07) is 5.43. The van der Waals surface area contributed by atoms with Crippen LogP contribution in [0.15, 0.2) is 18.2 Å². The molecule has 1 unspecified atom stereocenters. The molecule has 1 saturated heterocycles. The summed E-state index contributed by atoms with van der Waals surface area (Å²) in [5, 5.41) is 6.16.